The monoisotopic (exact) mass is 191 g/mol. The lowest BCUT2D eigenvalue weighted by atomic mass is 10.4. The van der Waals surface area contributed by atoms with Crippen molar-refractivity contribution in [1.29, 1.82) is 0 Å². The van der Waals surface area contributed by atoms with E-state index in [9.17, 15) is 0 Å². The van der Waals surface area contributed by atoms with Crippen molar-refractivity contribution in [3.05, 3.63) is 18.0 Å². The van der Waals surface area contributed by atoms with Crippen LogP contribution in [0.15, 0.2) is 10.7 Å². The Kier molecular flexibility index (Phi) is 1.88. The molecular formula is C8H9N5O. The number of nitrogens with zero attached hydrogens (tertiary/aromatic N) is 4. The molecule has 0 radical (unpaired) electrons. The van der Waals surface area contributed by atoms with Crippen LogP contribution in [0.1, 0.15) is 11.7 Å². The Morgan fingerprint density at radius 2 is 1.93 bits per heavy atom. The van der Waals surface area contributed by atoms with E-state index in [4.69, 9.17) is 10.2 Å². The molecule has 2 rings (SSSR count). The molecule has 2 aromatic rings. The molecule has 0 unspecified atom stereocenters. The minimum Gasteiger partial charge on any atom is -0.449 e. The molecule has 2 N–H and O–H groups in total. The number of hydrogen-bond acceptors (Lipinski definition) is 6. The molecule has 2 aromatic heterocycles. The summed E-state index contributed by atoms with van der Waals surface area (Å²) in [7, 11) is 0. The lowest BCUT2D eigenvalue weighted by Crippen LogP contribution is -2.01. The maximum Gasteiger partial charge on any atom is 0.223 e. The number of aryl methyl sites for hydroxylation is 2. The summed E-state index contributed by atoms with van der Waals surface area (Å²) < 4.78 is 5.05. The maximum atomic E-state index is 5.48. The predicted octanol–water partition coefficient (Wildman–Crippen LogP) is 0.726. The zero-order chi connectivity index (χ0) is 10.1. The summed E-state index contributed by atoms with van der Waals surface area (Å²) in [5.41, 5.74) is 6.05. The summed E-state index contributed by atoms with van der Waals surface area (Å²) in [4.78, 5) is 16.0. The topological polar surface area (TPSA) is 90.7 Å². The first kappa shape index (κ1) is 8.61. The fourth-order valence-electron chi connectivity index (χ4n) is 1.08. The lowest BCUT2D eigenvalue weighted by Gasteiger charge is -1.97. The molecule has 6 nitrogen and oxygen atoms in total. The molecule has 0 aliphatic rings. The quantitative estimate of drug-likeness (QED) is 0.714. The molecule has 6 heteroatoms. The smallest absolute Gasteiger partial charge is 0.223 e. The van der Waals surface area contributed by atoms with Crippen molar-refractivity contribution >= 4 is 5.95 Å². The second-order valence-electron chi connectivity index (χ2n) is 2.82. The highest BCUT2D eigenvalue weighted by Crippen LogP contribution is 2.13. The highest BCUT2D eigenvalue weighted by Gasteiger charge is 2.08. The molecule has 14 heavy (non-hydrogen) atoms. The van der Waals surface area contributed by atoms with Gasteiger partial charge in [-0.3, -0.25) is 0 Å². The van der Waals surface area contributed by atoms with Crippen molar-refractivity contribution < 1.29 is 4.42 Å². The van der Waals surface area contributed by atoms with E-state index in [2.05, 4.69) is 19.9 Å². The molecule has 0 aliphatic carbocycles. The van der Waals surface area contributed by atoms with Gasteiger partial charge in [-0.2, -0.15) is 9.97 Å². The van der Waals surface area contributed by atoms with Crippen LogP contribution >= 0.6 is 0 Å². The summed E-state index contributed by atoms with van der Waals surface area (Å²) in [6, 6.07) is 0. The largest absolute Gasteiger partial charge is 0.449 e. The van der Waals surface area contributed by atoms with Crippen molar-refractivity contribution in [2.45, 2.75) is 13.8 Å². The fraction of sp³-hybridized carbons (Fsp3) is 0.250. The normalized spacial score (nSPS) is 10.4. The van der Waals surface area contributed by atoms with Crippen molar-refractivity contribution in [1.82, 2.24) is 19.9 Å². The van der Waals surface area contributed by atoms with Gasteiger partial charge in [0, 0.05) is 6.92 Å². The van der Waals surface area contributed by atoms with Gasteiger partial charge in [0.05, 0.1) is 0 Å². The van der Waals surface area contributed by atoms with E-state index in [1.54, 1.807) is 13.8 Å². The summed E-state index contributed by atoms with van der Waals surface area (Å²) in [5, 5.41) is 0. The molecule has 0 atom stereocenters. The molecule has 0 spiro atoms. The third-order valence-corrected chi connectivity index (χ3v) is 1.61. The standard InChI is InChI=1S/C8H9N5O/c1-4-10-7(13-8(9)11-4)6-3-14-5(2)12-6/h3H,1-2H3,(H2,9,10,11,13). The molecule has 0 saturated heterocycles. The molecule has 0 saturated carbocycles. The minimum atomic E-state index is 0.188. The number of rotatable bonds is 1. The molecule has 0 aliphatic heterocycles. The Balaban J connectivity index is 2.51. The van der Waals surface area contributed by atoms with Crippen molar-refractivity contribution in [2.24, 2.45) is 0 Å². The third-order valence-electron chi connectivity index (χ3n) is 1.61. The Bertz CT molecular complexity index is 444. The van der Waals surface area contributed by atoms with Crippen LogP contribution in [0.2, 0.25) is 0 Å². The fourth-order valence-corrected chi connectivity index (χ4v) is 1.08. The SMILES string of the molecule is Cc1nc(N)nc(-c2coc(C)n2)n1. The number of nitrogens with two attached hydrogens (primary N) is 1. The Morgan fingerprint density at radius 3 is 2.50 bits per heavy atom. The van der Waals surface area contributed by atoms with Gasteiger partial charge in [-0.25, -0.2) is 9.97 Å². The van der Waals surface area contributed by atoms with E-state index in [1.165, 1.54) is 6.26 Å². The molecule has 2 heterocycles. The van der Waals surface area contributed by atoms with E-state index in [1.807, 2.05) is 0 Å². The molecule has 0 bridgehead atoms. The molecule has 0 aromatic carbocycles. The van der Waals surface area contributed by atoms with Crippen LogP contribution in [0.3, 0.4) is 0 Å². The van der Waals surface area contributed by atoms with Gasteiger partial charge < -0.3 is 10.2 Å². The van der Waals surface area contributed by atoms with Crippen LogP contribution in [0, 0.1) is 13.8 Å². The first-order valence-electron chi connectivity index (χ1n) is 4.06. The molecular weight excluding hydrogens is 182 g/mol. The third kappa shape index (κ3) is 1.54. The molecule has 0 amide bonds. The van der Waals surface area contributed by atoms with Crippen LogP contribution in [0.25, 0.3) is 11.5 Å². The van der Waals surface area contributed by atoms with Gasteiger partial charge in [-0.05, 0) is 6.92 Å². The van der Waals surface area contributed by atoms with Gasteiger partial charge in [-0.1, -0.05) is 0 Å². The van der Waals surface area contributed by atoms with Crippen molar-refractivity contribution in [3.63, 3.8) is 0 Å². The lowest BCUT2D eigenvalue weighted by molar-refractivity contribution is 0.521. The average Bonchev–Trinajstić information content (AvgIpc) is 2.50. The van der Waals surface area contributed by atoms with E-state index < -0.39 is 0 Å². The van der Waals surface area contributed by atoms with Gasteiger partial charge in [0.15, 0.2) is 11.7 Å². The summed E-state index contributed by atoms with van der Waals surface area (Å²) in [6.07, 6.45) is 1.49. The highest BCUT2D eigenvalue weighted by atomic mass is 16.3. The molecule has 0 fully saturated rings. The predicted molar refractivity (Wildman–Crippen MR) is 49.2 cm³/mol. The number of nitrogen functional groups attached to an aromatic ring is 1. The summed E-state index contributed by atoms with van der Waals surface area (Å²) in [6.45, 7) is 3.50. The molecule has 72 valence electrons. The first-order chi connectivity index (χ1) is 6.65. The number of oxazole rings is 1. The van der Waals surface area contributed by atoms with Gasteiger partial charge in [0.25, 0.3) is 0 Å². The van der Waals surface area contributed by atoms with E-state index in [0.717, 1.165) is 0 Å². The second kappa shape index (κ2) is 3.06. The highest BCUT2D eigenvalue weighted by molar-refractivity contribution is 5.48. The van der Waals surface area contributed by atoms with Crippen molar-refractivity contribution in [3.8, 4) is 11.5 Å². The summed E-state index contributed by atoms with van der Waals surface area (Å²) >= 11 is 0. The maximum absolute atomic E-state index is 5.48. The van der Waals surface area contributed by atoms with E-state index in [-0.39, 0.29) is 5.95 Å². The van der Waals surface area contributed by atoms with E-state index in [0.29, 0.717) is 23.2 Å². The van der Waals surface area contributed by atoms with Gasteiger partial charge in [0.1, 0.15) is 17.8 Å². The minimum absolute atomic E-state index is 0.188. The second-order valence-corrected chi connectivity index (χ2v) is 2.82. The number of hydrogen-bond donors (Lipinski definition) is 1. The zero-order valence-electron chi connectivity index (χ0n) is 7.85. The zero-order valence-corrected chi connectivity index (χ0v) is 7.85. The first-order valence-corrected chi connectivity index (χ1v) is 4.06. The van der Waals surface area contributed by atoms with Crippen LogP contribution < -0.4 is 5.73 Å². The van der Waals surface area contributed by atoms with Crippen LogP contribution in [-0.4, -0.2) is 19.9 Å². The average molecular weight is 191 g/mol. The van der Waals surface area contributed by atoms with Gasteiger partial charge in [0.2, 0.25) is 5.95 Å². The van der Waals surface area contributed by atoms with Gasteiger partial charge >= 0.3 is 0 Å². The van der Waals surface area contributed by atoms with E-state index >= 15 is 0 Å². The van der Waals surface area contributed by atoms with Crippen LogP contribution in [0.5, 0.6) is 0 Å². The Hall–Kier alpha value is -1.98. The van der Waals surface area contributed by atoms with Crippen LogP contribution in [-0.2, 0) is 0 Å². The Labute approximate surface area is 80.2 Å². The van der Waals surface area contributed by atoms with Crippen molar-refractivity contribution in [2.75, 3.05) is 5.73 Å². The number of anilines is 1. The summed E-state index contributed by atoms with van der Waals surface area (Å²) in [5.74, 6) is 1.75. The number of aromatic nitrogens is 4. The Morgan fingerprint density at radius 1 is 1.14 bits per heavy atom. The van der Waals surface area contributed by atoms with Gasteiger partial charge in [-0.15, -0.1) is 0 Å². The van der Waals surface area contributed by atoms with Crippen LogP contribution in [0.4, 0.5) is 5.95 Å².